The van der Waals surface area contributed by atoms with Crippen molar-refractivity contribution in [1.29, 1.82) is 0 Å². The van der Waals surface area contributed by atoms with Crippen LogP contribution in [0, 0.1) is 0 Å². The summed E-state index contributed by atoms with van der Waals surface area (Å²) >= 11 is 5.16. The fraction of sp³-hybridized carbons (Fsp3) is 0.444. The second-order valence-corrected chi connectivity index (χ2v) is 6.74. The first-order valence-corrected chi connectivity index (χ1v) is 8.78. The Morgan fingerprint density at radius 1 is 1.20 bits per heavy atom. The molecule has 2 saturated heterocycles. The van der Waals surface area contributed by atoms with Gasteiger partial charge in [0, 0.05) is 18.0 Å². The number of likely N-dealkylation sites (tertiary alicyclic amines) is 2. The van der Waals surface area contributed by atoms with Gasteiger partial charge in [-0.25, -0.2) is 4.79 Å². The first-order valence-electron chi connectivity index (χ1n) is 8.37. The molecule has 2 amide bonds. The lowest BCUT2D eigenvalue weighted by Gasteiger charge is -2.29. The lowest BCUT2D eigenvalue weighted by molar-refractivity contribution is -0.137. The van der Waals surface area contributed by atoms with E-state index in [0.717, 1.165) is 12.0 Å². The molecule has 2 aliphatic heterocycles. The summed E-state index contributed by atoms with van der Waals surface area (Å²) in [5, 5.41) is 0. The molecule has 7 heteroatoms. The molecular weight excluding hydrogens is 340 g/mol. The molecule has 2 heterocycles. The van der Waals surface area contributed by atoms with Gasteiger partial charge in [-0.3, -0.25) is 9.69 Å². The molecule has 0 radical (unpaired) electrons. The third-order valence-corrected chi connectivity index (χ3v) is 5.10. The van der Waals surface area contributed by atoms with E-state index >= 15 is 0 Å². The molecule has 132 valence electrons. The van der Waals surface area contributed by atoms with Crippen molar-refractivity contribution < 1.29 is 19.1 Å². The molecule has 3 rings (SSSR count). The van der Waals surface area contributed by atoms with Crippen molar-refractivity contribution in [1.82, 2.24) is 9.80 Å². The molecule has 0 bridgehead atoms. The highest BCUT2D eigenvalue weighted by Gasteiger charge is 2.42. The maximum absolute atomic E-state index is 12.8. The van der Waals surface area contributed by atoms with Crippen molar-refractivity contribution >= 4 is 35.4 Å². The van der Waals surface area contributed by atoms with Crippen LogP contribution in [0.25, 0.3) is 0 Å². The van der Waals surface area contributed by atoms with Gasteiger partial charge in [0.15, 0.2) is 0 Å². The number of hydrogen-bond donors (Lipinski definition) is 0. The summed E-state index contributed by atoms with van der Waals surface area (Å²) in [6.45, 7) is 1.08. The van der Waals surface area contributed by atoms with Gasteiger partial charge in [0.1, 0.15) is 25.0 Å². The standard InChI is InChI=1S/C18H20N2O4S/c21-11-15-16(25)8-10-19(15)17(22)14-7-4-9-20(14)18(23)24-12-13-5-2-1-3-6-13/h1-3,5-6,11,14-15H,4,7-10,12H2/t14-,15+/m0/s1. The van der Waals surface area contributed by atoms with Crippen molar-refractivity contribution in [2.45, 2.75) is 38.0 Å². The van der Waals surface area contributed by atoms with Crippen LogP contribution in [0.3, 0.4) is 0 Å². The number of carbonyl (C=O) groups excluding carboxylic acids is 3. The van der Waals surface area contributed by atoms with Gasteiger partial charge in [0.05, 0.1) is 0 Å². The summed E-state index contributed by atoms with van der Waals surface area (Å²) in [4.78, 5) is 40.0. The molecule has 0 aromatic heterocycles. The zero-order valence-electron chi connectivity index (χ0n) is 13.8. The zero-order valence-corrected chi connectivity index (χ0v) is 14.6. The SMILES string of the molecule is O=C[C@@H]1C(=S)CCN1C(=O)[C@@H]1CCCN1C(=O)OCc1ccccc1. The Kier molecular flexibility index (Phi) is 5.43. The van der Waals surface area contributed by atoms with Gasteiger partial charge in [-0.05, 0) is 24.8 Å². The summed E-state index contributed by atoms with van der Waals surface area (Å²) in [5.74, 6) is -0.217. The van der Waals surface area contributed by atoms with Crippen LogP contribution in [0.5, 0.6) is 0 Å². The predicted molar refractivity (Wildman–Crippen MR) is 95.1 cm³/mol. The molecule has 1 aromatic rings. The van der Waals surface area contributed by atoms with Gasteiger partial charge >= 0.3 is 6.09 Å². The summed E-state index contributed by atoms with van der Waals surface area (Å²) in [6, 6.07) is 8.17. The number of amides is 2. The van der Waals surface area contributed by atoms with Crippen LogP contribution in [0.4, 0.5) is 4.79 Å². The molecule has 1 aromatic carbocycles. The van der Waals surface area contributed by atoms with Gasteiger partial charge in [-0.15, -0.1) is 0 Å². The van der Waals surface area contributed by atoms with Crippen molar-refractivity contribution in [3.63, 3.8) is 0 Å². The van der Waals surface area contributed by atoms with Gasteiger partial charge in [-0.2, -0.15) is 0 Å². The van der Waals surface area contributed by atoms with E-state index < -0.39 is 18.2 Å². The van der Waals surface area contributed by atoms with Gasteiger partial charge in [0.2, 0.25) is 5.91 Å². The van der Waals surface area contributed by atoms with E-state index in [1.165, 1.54) is 9.80 Å². The van der Waals surface area contributed by atoms with Crippen molar-refractivity contribution in [3.05, 3.63) is 35.9 Å². The Morgan fingerprint density at radius 2 is 1.96 bits per heavy atom. The lowest BCUT2D eigenvalue weighted by atomic mass is 10.1. The van der Waals surface area contributed by atoms with Crippen LogP contribution >= 0.6 is 12.2 Å². The number of carbonyl (C=O) groups is 3. The highest BCUT2D eigenvalue weighted by Crippen LogP contribution is 2.24. The van der Waals surface area contributed by atoms with Crippen LogP contribution in [-0.2, 0) is 20.9 Å². The van der Waals surface area contributed by atoms with Crippen LogP contribution in [0.2, 0.25) is 0 Å². The minimum atomic E-state index is -0.648. The zero-order chi connectivity index (χ0) is 17.8. The van der Waals surface area contributed by atoms with E-state index in [0.29, 0.717) is 37.1 Å². The van der Waals surface area contributed by atoms with E-state index in [2.05, 4.69) is 0 Å². The predicted octanol–water partition coefficient (Wildman–Crippen LogP) is 1.96. The summed E-state index contributed by atoms with van der Waals surface area (Å²) < 4.78 is 5.35. The highest BCUT2D eigenvalue weighted by atomic mass is 32.1. The number of aldehydes is 1. The number of hydrogen-bond acceptors (Lipinski definition) is 5. The smallest absolute Gasteiger partial charge is 0.410 e. The third-order valence-electron chi connectivity index (χ3n) is 4.65. The quantitative estimate of drug-likeness (QED) is 0.607. The molecular formula is C18H20N2O4S. The number of thiocarbonyl (C=S) groups is 1. The molecule has 25 heavy (non-hydrogen) atoms. The van der Waals surface area contributed by atoms with Crippen LogP contribution in [0.15, 0.2) is 30.3 Å². The maximum atomic E-state index is 12.8. The topological polar surface area (TPSA) is 66.9 Å². The Balaban J connectivity index is 1.63. The van der Waals surface area contributed by atoms with E-state index in [9.17, 15) is 14.4 Å². The number of nitrogens with zero attached hydrogens (tertiary/aromatic N) is 2. The number of benzene rings is 1. The van der Waals surface area contributed by atoms with E-state index in [1.807, 2.05) is 30.3 Å². The van der Waals surface area contributed by atoms with Gasteiger partial charge in [0.25, 0.3) is 0 Å². The molecule has 0 spiro atoms. The minimum absolute atomic E-state index is 0.168. The van der Waals surface area contributed by atoms with Crippen molar-refractivity contribution in [2.75, 3.05) is 13.1 Å². The fourth-order valence-corrected chi connectivity index (χ4v) is 3.60. The molecule has 0 N–H and O–H groups in total. The Labute approximate surface area is 151 Å². The molecule has 6 nitrogen and oxygen atoms in total. The Hall–Kier alpha value is -2.28. The van der Waals surface area contributed by atoms with Crippen LogP contribution in [-0.4, -0.2) is 58.1 Å². The molecule has 0 aliphatic carbocycles. The number of ether oxygens (including phenoxy) is 1. The van der Waals surface area contributed by atoms with Crippen LogP contribution < -0.4 is 0 Å². The lowest BCUT2D eigenvalue weighted by Crippen LogP contribution is -2.50. The third kappa shape index (κ3) is 3.71. The first-order chi connectivity index (χ1) is 12.1. The van der Waals surface area contributed by atoms with Crippen molar-refractivity contribution in [3.8, 4) is 0 Å². The van der Waals surface area contributed by atoms with Crippen molar-refractivity contribution in [2.24, 2.45) is 0 Å². The molecule has 0 unspecified atom stereocenters. The molecule has 2 atom stereocenters. The Bertz CT molecular complexity index is 679. The summed E-state index contributed by atoms with van der Waals surface area (Å²) in [6.07, 6.45) is 2.08. The molecule has 2 aliphatic rings. The maximum Gasteiger partial charge on any atom is 0.410 e. The normalized spacial score (nSPS) is 23.0. The first kappa shape index (κ1) is 17.5. The van der Waals surface area contributed by atoms with E-state index in [4.69, 9.17) is 17.0 Å². The van der Waals surface area contributed by atoms with E-state index in [1.54, 1.807) is 0 Å². The molecule has 0 saturated carbocycles. The highest BCUT2D eigenvalue weighted by molar-refractivity contribution is 7.80. The number of rotatable bonds is 4. The average molecular weight is 360 g/mol. The molecule has 2 fully saturated rings. The fourth-order valence-electron chi connectivity index (χ4n) is 3.32. The van der Waals surface area contributed by atoms with Gasteiger partial charge < -0.3 is 14.4 Å². The average Bonchev–Trinajstić information content (AvgIpc) is 3.26. The van der Waals surface area contributed by atoms with Crippen LogP contribution in [0.1, 0.15) is 24.8 Å². The van der Waals surface area contributed by atoms with Gasteiger partial charge in [-0.1, -0.05) is 42.5 Å². The Morgan fingerprint density at radius 3 is 2.68 bits per heavy atom. The summed E-state index contributed by atoms with van der Waals surface area (Å²) in [5.41, 5.74) is 0.892. The summed E-state index contributed by atoms with van der Waals surface area (Å²) in [7, 11) is 0. The second kappa shape index (κ2) is 7.74. The monoisotopic (exact) mass is 360 g/mol. The van der Waals surface area contributed by atoms with E-state index in [-0.39, 0.29) is 12.5 Å². The second-order valence-electron chi connectivity index (χ2n) is 6.22. The largest absolute Gasteiger partial charge is 0.445 e. The minimum Gasteiger partial charge on any atom is -0.445 e.